The molecular formula is C24H25N. The van der Waals surface area contributed by atoms with Crippen LogP contribution in [0.1, 0.15) is 33.3 Å². The molecule has 1 nitrogen and oxygen atoms in total. The summed E-state index contributed by atoms with van der Waals surface area (Å²) >= 11 is 0. The minimum absolute atomic E-state index is 0.528. The molecule has 2 aromatic rings. The van der Waals surface area contributed by atoms with Gasteiger partial charge in [0, 0.05) is 0 Å². The van der Waals surface area contributed by atoms with Gasteiger partial charge in [0.15, 0.2) is 0 Å². The van der Waals surface area contributed by atoms with E-state index in [4.69, 9.17) is 5.41 Å². The second-order valence-corrected chi connectivity index (χ2v) is 6.19. The predicted octanol–water partition coefficient (Wildman–Crippen LogP) is 6.27. The third kappa shape index (κ3) is 4.17. The normalized spacial score (nSPS) is 13.8. The van der Waals surface area contributed by atoms with Gasteiger partial charge in [0.05, 0.1) is 11.1 Å². The third-order valence-electron chi connectivity index (χ3n) is 4.48. The van der Waals surface area contributed by atoms with Crippen LogP contribution in [0.3, 0.4) is 0 Å². The molecule has 126 valence electrons. The predicted molar refractivity (Wildman–Crippen MR) is 109 cm³/mol. The lowest BCUT2D eigenvalue weighted by Crippen LogP contribution is -2.27. The van der Waals surface area contributed by atoms with Crippen molar-refractivity contribution in [2.45, 2.75) is 27.7 Å². The summed E-state index contributed by atoms with van der Waals surface area (Å²) in [5.74, 6) is 6.23. The largest absolute Gasteiger partial charge is 0.303 e. The van der Waals surface area contributed by atoms with Crippen molar-refractivity contribution >= 4 is 5.71 Å². The molecule has 25 heavy (non-hydrogen) atoms. The minimum atomic E-state index is -0.595. The topological polar surface area (TPSA) is 23.9 Å². The molecule has 1 atom stereocenters. The molecular weight excluding hydrogens is 302 g/mol. The Kier molecular flexibility index (Phi) is 6.14. The van der Waals surface area contributed by atoms with Gasteiger partial charge in [-0.1, -0.05) is 78.7 Å². The number of allylic oxidation sites excluding steroid dienone is 4. The highest BCUT2D eigenvalue weighted by atomic mass is 14.5. The summed E-state index contributed by atoms with van der Waals surface area (Å²) in [5.41, 5.74) is 4.24. The van der Waals surface area contributed by atoms with E-state index in [0.717, 1.165) is 16.7 Å². The highest BCUT2D eigenvalue weighted by Gasteiger charge is 2.30. The zero-order valence-electron chi connectivity index (χ0n) is 15.4. The first-order valence-corrected chi connectivity index (χ1v) is 8.51. The van der Waals surface area contributed by atoms with E-state index in [0.29, 0.717) is 5.71 Å². The van der Waals surface area contributed by atoms with Crippen molar-refractivity contribution in [2.75, 3.05) is 0 Å². The minimum Gasteiger partial charge on any atom is -0.303 e. The second kappa shape index (κ2) is 8.31. The molecule has 0 amide bonds. The van der Waals surface area contributed by atoms with Gasteiger partial charge in [0.25, 0.3) is 0 Å². The highest BCUT2D eigenvalue weighted by Crippen LogP contribution is 2.31. The second-order valence-electron chi connectivity index (χ2n) is 6.19. The van der Waals surface area contributed by atoms with Crippen LogP contribution in [0.25, 0.3) is 11.1 Å². The monoisotopic (exact) mass is 327 g/mol. The fourth-order valence-electron chi connectivity index (χ4n) is 2.76. The Bertz CT molecular complexity index is 842. The number of benzene rings is 2. The fourth-order valence-corrected chi connectivity index (χ4v) is 2.76. The maximum absolute atomic E-state index is 8.76. The molecule has 0 aliphatic rings. The van der Waals surface area contributed by atoms with E-state index in [1.54, 1.807) is 0 Å². The van der Waals surface area contributed by atoms with Gasteiger partial charge in [-0.3, -0.25) is 0 Å². The summed E-state index contributed by atoms with van der Waals surface area (Å²) in [4.78, 5) is 0. The maximum Gasteiger partial charge on any atom is 0.0913 e. The Morgan fingerprint density at radius 3 is 2.16 bits per heavy atom. The van der Waals surface area contributed by atoms with E-state index < -0.39 is 5.41 Å². The fraction of sp³-hybridized carbons (Fsp3) is 0.208. The van der Waals surface area contributed by atoms with Crippen molar-refractivity contribution in [2.24, 2.45) is 5.41 Å². The van der Waals surface area contributed by atoms with Crippen LogP contribution in [0.5, 0.6) is 0 Å². The van der Waals surface area contributed by atoms with Crippen LogP contribution in [-0.4, -0.2) is 5.71 Å². The van der Waals surface area contributed by atoms with Crippen LogP contribution >= 0.6 is 0 Å². The molecule has 0 radical (unpaired) electrons. The van der Waals surface area contributed by atoms with Crippen molar-refractivity contribution in [1.29, 1.82) is 5.41 Å². The number of hydrogen-bond donors (Lipinski definition) is 1. The van der Waals surface area contributed by atoms with Gasteiger partial charge in [0.2, 0.25) is 0 Å². The summed E-state index contributed by atoms with van der Waals surface area (Å²) < 4.78 is 0. The zero-order chi connectivity index (χ0) is 18.3. The van der Waals surface area contributed by atoms with Crippen molar-refractivity contribution in [3.05, 3.63) is 84.0 Å². The average molecular weight is 327 g/mol. The van der Waals surface area contributed by atoms with Gasteiger partial charge >= 0.3 is 0 Å². The van der Waals surface area contributed by atoms with Crippen LogP contribution in [-0.2, 0) is 0 Å². The maximum atomic E-state index is 8.76. The van der Waals surface area contributed by atoms with Crippen LogP contribution in [0.2, 0.25) is 0 Å². The summed E-state index contributed by atoms with van der Waals surface area (Å²) in [6, 6.07) is 18.5. The molecule has 2 rings (SSSR count). The summed E-state index contributed by atoms with van der Waals surface area (Å²) in [6.45, 7) is 7.87. The van der Waals surface area contributed by atoms with Gasteiger partial charge in [0.1, 0.15) is 0 Å². The molecule has 0 aromatic heterocycles. The third-order valence-corrected chi connectivity index (χ3v) is 4.48. The molecule has 0 bridgehead atoms. The number of rotatable bonds is 5. The Morgan fingerprint density at radius 2 is 1.60 bits per heavy atom. The van der Waals surface area contributed by atoms with E-state index in [-0.39, 0.29) is 0 Å². The van der Waals surface area contributed by atoms with Crippen molar-refractivity contribution in [1.82, 2.24) is 0 Å². The number of nitrogens with one attached hydrogen (secondary N) is 1. The van der Waals surface area contributed by atoms with E-state index in [1.165, 1.54) is 5.56 Å². The molecule has 0 aliphatic carbocycles. The van der Waals surface area contributed by atoms with Crippen LogP contribution in [0.4, 0.5) is 0 Å². The highest BCUT2D eigenvalue weighted by molar-refractivity contribution is 6.06. The Labute approximate surface area is 151 Å². The Balaban J connectivity index is 2.38. The summed E-state index contributed by atoms with van der Waals surface area (Å²) in [7, 11) is 0. The van der Waals surface area contributed by atoms with E-state index in [2.05, 4.69) is 36.1 Å². The number of hydrogen-bond acceptors (Lipinski definition) is 1. The lowest BCUT2D eigenvalue weighted by atomic mass is 9.76. The Hall–Kier alpha value is -2.85. The van der Waals surface area contributed by atoms with Gasteiger partial charge in [-0.2, -0.15) is 0 Å². The molecule has 0 fully saturated rings. The van der Waals surface area contributed by atoms with Crippen LogP contribution in [0.15, 0.2) is 78.4 Å². The standard InChI is InChI=1S/C24H25N/c1-5-7-11-19(3)24(4,18-6-2)23(25)22-16-14-21(15-17-22)20-12-9-8-10-13-20/h5,7-17,25H,1-4H3/b7-5-,19-11+,25-23?. The van der Waals surface area contributed by atoms with E-state index in [9.17, 15) is 0 Å². The lowest BCUT2D eigenvalue weighted by Gasteiger charge is -2.26. The molecule has 1 N–H and O–H groups in total. The first kappa shape index (κ1) is 18.5. The molecule has 0 aliphatic heterocycles. The van der Waals surface area contributed by atoms with Gasteiger partial charge in [-0.25, -0.2) is 0 Å². The molecule has 0 heterocycles. The van der Waals surface area contributed by atoms with Crippen molar-refractivity contribution in [3.8, 4) is 23.0 Å². The molecule has 0 saturated carbocycles. The van der Waals surface area contributed by atoms with Gasteiger partial charge < -0.3 is 5.41 Å². The quantitative estimate of drug-likeness (QED) is 0.380. The van der Waals surface area contributed by atoms with Crippen molar-refractivity contribution < 1.29 is 0 Å². The van der Waals surface area contributed by atoms with Crippen LogP contribution < -0.4 is 0 Å². The Morgan fingerprint density at radius 1 is 1.00 bits per heavy atom. The van der Waals surface area contributed by atoms with Crippen LogP contribution in [0, 0.1) is 22.7 Å². The van der Waals surface area contributed by atoms with Crippen molar-refractivity contribution in [3.63, 3.8) is 0 Å². The zero-order valence-corrected chi connectivity index (χ0v) is 15.4. The summed E-state index contributed by atoms with van der Waals surface area (Å²) in [5, 5.41) is 8.76. The molecule has 0 spiro atoms. The first-order chi connectivity index (χ1) is 12.0. The molecule has 1 unspecified atom stereocenters. The summed E-state index contributed by atoms with van der Waals surface area (Å²) in [6.07, 6.45) is 6.02. The van der Waals surface area contributed by atoms with E-state index in [1.807, 2.05) is 76.3 Å². The van der Waals surface area contributed by atoms with E-state index >= 15 is 0 Å². The average Bonchev–Trinajstić information content (AvgIpc) is 2.66. The lowest BCUT2D eigenvalue weighted by molar-refractivity contribution is 0.737. The SMILES string of the molecule is CC#CC(C)(C(=N)c1ccc(-c2ccccc2)cc1)/C(C)=C/C=C\C. The van der Waals surface area contributed by atoms with Gasteiger partial charge in [-0.05, 0) is 50.0 Å². The molecule has 1 heteroatoms. The smallest absolute Gasteiger partial charge is 0.0913 e. The first-order valence-electron chi connectivity index (χ1n) is 8.51. The molecule has 0 saturated heterocycles. The molecule has 2 aromatic carbocycles. The van der Waals surface area contributed by atoms with Gasteiger partial charge in [-0.15, -0.1) is 5.92 Å².